The molecule has 65 heavy (non-hydrogen) atoms. The van der Waals surface area contributed by atoms with Gasteiger partial charge in [-0.05, 0) is 87.3 Å². The quantitative estimate of drug-likeness (QED) is 0.0413. The number of benzene rings is 2. The van der Waals surface area contributed by atoms with E-state index in [1.165, 1.54) is 0 Å². The minimum absolute atomic E-state index is 0.0777. The summed E-state index contributed by atoms with van der Waals surface area (Å²) in [4.78, 5) is 70.0. The van der Waals surface area contributed by atoms with E-state index in [0.717, 1.165) is 80.4 Å². The highest BCUT2D eigenvalue weighted by molar-refractivity contribution is 6.38. The number of nitrogens with two attached hydrogens (primary N) is 1. The molecule has 2 atom stereocenters. The van der Waals surface area contributed by atoms with Crippen molar-refractivity contribution in [2.24, 2.45) is 15.9 Å². The molecule has 2 unspecified atom stereocenters. The number of aliphatic imine (C=N–C) groups is 1. The van der Waals surface area contributed by atoms with Crippen molar-refractivity contribution in [2.75, 3.05) is 49.0 Å². The number of carbonyl (C=O) groups is 4. The predicted molar refractivity (Wildman–Crippen MR) is 249 cm³/mol. The highest BCUT2D eigenvalue weighted by Gasteiger charge is 2.42. The van der Waals surface area contributed by atoms with Crippen molar-refractivity contribution in [3.63, 3.8) is 0 Å². The molecule has 0 spiro atoms. The summed E-state index contributed by atoms with van der Waals surface area (Å²) in [5.41, 5.74) is 4.94. The van der Waals surface area contributed by atoms with Crippen LogP contribution >= 0.6 is 0 Å². The van der Waals surface area contributed by atoms with E-state index in [-0.39, 0.29) is 42.3 Å². The number of piperidine rings is 1. The first-order chi connectivity index (χ1) is 31.6. The van der Waals surface area contributed by atoms with Crippen LogP contribution in [-0.4, -0.2) is 115 Å². The molecule has 0 radical (unpaired) electrons. The normalized spacial score (nSPS) is 22.5. The van der Waals surface area contributed by atoms with Gasteiger partial charge in [0, 0.05) is 68.0 Å². The number of nitrogens with one attached hydrogen (secondary N) is 3. The van der Waals surface area contributed by atoms with Gasteiger partial charge in [-0.2, -0.15) is 10.1 Å². The number of likely N-dealkylation sites (N-methyl/N-ethyl adjacent to an activating group) is 1. The zero-order valence-corrected chi connectivity index (χ0v) is 37.5. The molecular formula is C48H59N11O6. The molecule has 8 rings (SSSR count). The molecule has 5 aliphatic rings. The van der Waals surface area contributed by atoms with E-state index in [0.29, 0.717) is 79.4 Å². The van der Waals surface area contributed by atoms with Crippen molar-refractivity contribution >= 4 is 58.7 Å². The molecule has 1 saturated heterocycles. The van der Waals surface area contributed by atoms with Gasteiger partial charge in [0.2, 0.25) is 23.7 Å². The third-order valence-corrected chi connectivity index (χ3v) is 13.2. The lowest BCUT2D eigenvalue weighted by Crippen LogP contribution is -2.55. The van der Waals surface area contributed by atoms with Crippen molar-refractivity contribution in [3.8, 4) is 17.6 Å². The molecule has 0 bridgehead atoms. The number of rotatable bonds is 15. The highest BCUT2D eigenvalue weighted by Crippen LogP contribution is 2.40. The standard InChI is InChI=1S/C48H59N11O6/c1-4-39-47(63)57(2)41-28-52-48(55-44(41)59(39)35-10-5-6-11-35)53-37-19-13-31(26-42(37)64-3)38(56-49)27-51-34-16-14-33(15-17-34)50-22-24-65-23-8-7-9-30-12-18-36-32(25-30)29-58(46(36)62)40-20-21-43(60)54-45(40)61/h12-13,18-19,25-28,33-35,39-40,50H,4-6,8,10-11,14-17,20-24,29,49H2,1-3H3,(H,52,53,55)(H,54,60,61)/b51-27?,56-38+. The Balaban J connectivity index is 0.760. The predicted octanol–water partition coefficient (Wildman–Crippen LogP) is 4.59. The number of carbonyl (C=O) groups excluding carboxylic acids is 4. The molecular weight excluding hydrogens is 827 g/mol. The van der Waals surface area contributed by atoms with Crippen LogP contribution in [0.5, 0.6) is 5.75 Å². The minimum atomic E-state index is -0.633. The second-order valence-corrected chi connectivity index (χ2v) is 17.3. The van der Waals surface area contributed by atoms with E-state index in [4.69, 9.17) is 25.3 Å². The second kappa shape index (κ2) is 20.6. The largest absolute Gasteiger partial charge is 0.495 e. The molecule has 3 aromatic rings. The average molecular weight is 886 g/mol. The van der Waals surface area contributed by atoms with Gasteiger partial charge in [-0.1, -0.05) is 37.7 Å². The van der Waals surface area contributed by atoms with Crippen LogP contribution in [0, 0.1) is 11.8 Å². The van der Waals surface area contributed by atoms with Crippen molar-refractivity contribution in [1.29, 1.82) is 0 Å². The first kappa shape index (κ1) is 45.2. The Kier molecular flexibility index (Phi) is 14.3. The smallest absolute Gasteiger partial charge is 0.255 e. The van der Waals surface area contributed by atoms with Gasteiger partial charge in [0.1, 0.15) is 29.2 Å². The van der Waals surface area contributed by atoms with Gasteiger partial charge >= 0.3 is 0 Å². The van der Waals surface area contributed by atoms with Gasteiger partial charge < -0.3 is 40.6 Å². The Hall–Kier alpha value is -6.38. The maximum Gasteiger partial charge on any atom is 0.255 e. The number of fused-ring (bicyclic) bond motifs is 2. The fraction of sp³-hybridized carbons (Fsp3) is 0.500. The van der Waals surface area contributed by atoms with Gasteiger partial charge in [-0.15, -0.1) is 0 Å². The van der Waals surface area contributed by atoms with Crippen LogP contribution in [0.4, 0.5) is 23.1 Å². The second-order valence-electron chi connectivity index (χ2n) is 17.3. The summed E-state index contributed by atoms with van der Waals surface area (Å²) in [7, 11) is 3.41. The maximum absolute atomic E-state index is 13.3. The third-order valence-electron chi connectivity index (χ3n) is 13.2. The number of nitrogens with zero attached hydrogens (tertiary/aromatic N) is 7. The Morgan fingerprint density at radius 3 is 2.60 bits per heavy atom. The van der Waals surface area contributed by atoms with Crippen LogP contribution in [0.15, 0.2) is 52.7 Å². The molecule has 17 nitrogen and oxygen atoms in total. The SMILES string of the molecule is CCC1C(=O)N(C)c2cnc(Nc3ccc(/C(C=NC4CCC(NCCOCCC#Cc5ccc6c(c5)CN(C5CCC(=O)NC5=O)C6=O)CC4)=N/N)cc3OC)nc2N1C1CCCC1. The van der Waals surface area contributed by atoms with Crippen LogP contribution in [0.2, 0.25) is 0 Å². The Morgan fingerprint density at radius 2 is 1.85 bits per heavy atom. The van der Waals surface area contributed by atoms with Crippen LogP contribution in [0.25, 0.3) is 0 Å². The Bertz CT molecular complexity index is 2400. The molecule has 4 heterocycles. The Morgan fingerprint density at radius 1 is 1.03 bits per heavy atom. The van der Waals surface area contributed by atoms with E-state index < -0.39 is 11.9 Å². The molecule has 17 heteroatoms. The number of hydrogen-bond acceptors (Lipinski definition) is 14. The molecule has 5 N–H and O–H groups in total. The van der Waals surface area contributed by atoms with Gasteiger partial charge in [0.05, 0.1) is 38.2 Å². The van der Waals surface area contributed by atoms with E-state index in [1.807, 2.05) is 30.3 Å². The Labute approximate surface area is 380 Å². The summed E-state index contributed by atoms with van der Waals surface area (Å²) in [6.07, 6.45) is 13.6. The highest BCUT2D eigenvalue weighted by atomic mass is 16.5. The van der Waals surface area contributed by atoms with E-state index in [2.05, 4.69) is 49.7 Å². The van der Waals surface area contributed by atoms with Crippen LogP contribution in [0.1, 0.15) is 111 Å². The molecule has 3 fully saturated rings. The number of aromatic nitrogens is 2. The molecule has 3 aliphatic heterocycles. The van der Waals surface area contributed by atoms with Crippen molar-refractivity contribution < 1.29 is 28.7 Å². The van der Waals surface area contributed by atoms with E-state index in [9.17, 15) is 19.2 Å². The molecule has 4 amide bonds. The summed E-state index contributed by atoms with van der Waals surface area (Å²) < 4.78 is 11.6. The summed E-state index contributed by atoms with van der Waals surface area (Å²) in [6, 6.07) is 11.1. The van der Waals surface area contributed by atoms with Crippen LogP contribution in [-0.2, 0) is 25.7 Å². The lowest BCUT2D eigenvalue weighted by Gasteiger charge is -2.43. The first-order valence-corrected chi connectivity index (χ1v) is 22.9. The van der Waals surface area contributed by atoms with Gasteiger partial charge in [-0.25, -0.2) is 4.98 Å². The van der Waals surface area contributed by atoms with Gasteiger partial charge in [0.25, 0.3) is 5.91 Å². The molecule has 1 aromatic heterocycles. The average Bonchev–Trinajstić information content (AvgIpc) is 3.97. The fourth-order valence-corrected chi connectivity index (χ4v) is 9.68. The van der Waals surface area contributed by atoms with Crippen LogP contribution < -0.4 is 36.3 Å². The summed E-state index contributed by atoms with van der Waals surface area (Å²) in [6.45, 7) is 4.24. The van der Waals surface area contributed by atoms with Gasteiger partial charge in [-0.3, -0.25) is 29.5 Å². The van der Waals surface area contributed by atoms with Crippen LogP contribution in [0.3, 0.4) is 0 Å². The number of methoxy groups -OCH3 is 1. The van der Waals surface area contributed by atoms with Crippen molar-refractivity contribution in [2.45, 2.75) is 121 Å². The zero-order chi connectivity index (χ0) is 45.5. The van der Waals surface area contributed by atoms with Gasteiger partial charge in [0.15, 0.2) is 5.82 Å². The maximum atomic E-state index is 13.3. The zero-order valence-electron chi connectivity index (χ0n) is 37.5. The molecule has 2 aliphatic carbocycles. The molecule has 2 aromatic carbocycles. The van der Waals surface area contributed by atoms with E-state index in [1.54, 1.807) is 42.4 Å². The van der Waals surface area contributed by atoms with E-state index >= 15 is 0 Å². The number of hydrazone groups is 1. The van der Waals surface area contributed by atoms with Crippen molar-refractivity contribution in [1.82, 2.24) is 25.5 Å². The summed E-state index contributed by atoms with van der Waals surface area (Å²) in [5.74, 6) is 13.1. The minimum Gasteiger partial charge on any atom is -0.495 e. The molecule has 2 saturated carbocycles. The lowest BCUT2D eigenvalue weighted by atomic mass is 9.91. The van der Waals surface area contributed by atoms with Crippen molar-refractivity contribution in [3.05, 3.63) is 64.8 Å². The number of ether oxygens (including phenoxy) is 2. The lowest BCUT2D eigenvalue weighted by molar-refractivity contribution is -0.137. The number of amides is 4. The monoisotopic (exact) mass is 885 g/mol. The number of anilines is 4. The molecule has 342 valence electrons. The fourth-order valence-electron chi connectivity index (χ4n) is 9.68. The summed E-state index contributed by atoms with van der Waals surface area (Å²) >= 11 is 0. The number of hydrogen-bond donors (Lipinski definition) is 4. The summed E-state index contributed by atoms with van der Waals surface area (Å²) in [5, 5.41) is 13.4. The topological polar surface area (TPSA) is 209 Å². The third kappa shape index (κ3) is 10.1. The first-order valence-electron chi connectivity index (χ1n) is 22.9. The number of imide groups is 1.